The lowest BCUT2D eigenvalue weighted by molar-refractivity contribution is -0.137. The third-order valence-corrected chi connectivity index (χ3v) is 4.80. The molecule has 3 rings (SSSR count). The second-order valence-electron chi connectivity index (χ2n) is 6.48. The van der Waals surface area contributed by atoms with Gasteiger partial charge in [-0.25, -0.2) is 0 Å². The van der Waals surface area contributed by atoms with Crippen LogP contribution < -0.4 is 9.47 Å². The van der Waals surface area contributed by atoms with Gasteiger partial charge in [-0.1, -0.05) is 6.07 Å². The number of rotatable bonds is 7. The number of carbonyl (C=O) groups is 1. The Bertz CT molecular complexity index is 530. The molecule has 4 nitrogen and oxygen atoms in total. The van der Waals surface area contributed by atoms with Crippen molar-refractivity contribution < 1.29 is 19.4 Å². The molecular formula is C18H24O4. The van der Waals surface area contributed by atoms with Gasteiger partial charge in [-0.15, -0.1) is 0 Å². The van der Waals surface area contributed by atoms with Crippen LogP contribution in [0.2, 0.25) is 0 Å². The summed E-state index contributed by atoms with van der Waals surface area (Å²) in [4.78, 5) is 11.1. The van der Waals surface area contributed by atoms with E-state index in [2.05, 4.69) is 0 Å². The zero-order valence-corrected chi connectivity index (χ0v) is 13.1. The lowest BCUT2D eigenvalue weighted by atomic mass is 9.91. The van der Waals surface area contributed by atoms with Gasteiger partial charge in [-0.3, -0.25) is 4.79 Å². The van der Waals surface area contributed by atoms with E-state index in [0.717, 1.165) is 42.7 Å². The summed E-state index contributed by atoms with van der Waals surface area (Å²) in [5.41, 5.74) is 1.06. The highest BCUT2D eigenvalue weighted by atomic mass is 16.5. The fourth-order valence-corrected chi connectivity index (χ4v) is 3.44. The fraction of sp³-hybridized carbons (Fsp3) is 0.611. The molecule has 1 N–H and O–H groups in total. The van der Waals surface area contributed by atoms with E-state index >= 15 is 0 Å². The topological polar surface area (TPSA) is 55.8 Å². The number of methoxy groups -OCH3 is 1. The van der Waals surface area contributed by atoms with Crippen LogP contribution in [0, 0.1) is 5.92 Å². The van der Waals surface area contributed by atoms with Crippen molar-refractivity contribution in [2.45, 2.75) is 57.0 Å². The Labute approximate surface area is 131 Å². The average Bonchev–Trinajstić information content (AvgIpc) is 3.22. The van der Waals surface area contributed by atoms with Crippen molar-refractivity contribution in [2.75, 3.05) is 7.11 Å². The number of aliphatic carboxylic acids is 1. The molecule has 2 fully saturated rings. The molecule has 4 heteroatoms. The number of hydrogen-bond donors (Lipinski definition) is 1. The van der Waals surface area contributed by atoms with Crippen LogP contribution in [0.15, 0.2) is 18.2 Å². The molecule has 2 aliphatic carbocycles. The Morgan fingerprint density at radius 2 is 1.95 bits per heavy atom. The first-order valence-electron chi connectivity index (χ1n) is 8.23. The van der Waals surface area contributed by atoms with Crippen molar-refractivity contribution in [3.63, 3.8) is 0 Å². The molecule has 0 saturated heterocycles. The highest BCUT2D eigenvalue weighted by Gasteiger charge is 2.34. The second-order valence-corrected chi connectivity index (χ2v) is 6.48. The summed E-state index contributed by atoms with van der Waals surface area (Å²) in [7, 11) is 1.64. The molecule has 22 heavy (non-hydrogen) atoms. The first-order valence-corrected chi connectivity index (χ1v) is 8.23. The van der Waals surface area contributed by atoms with Gasteiger partial charge in [0.2, 0.25) is 0 Å². The standard InChI is InChI=1S/C18H24O4/c1-21-17-10-13(15(11-18(19)20)12-6-7-12)8-9-16(17)22-14-4-2-3-5-14/h8-10,12,14-15H,2-7,11H2,1H3,(H,19,20). The summed E-state index contributed by atoms with van der Waals surface area (Å²) in [5, 5.41) is 9.14. The molecule has 0 aromatic heterocycles. The molecule has 1 atom stereocenters. The van der Waals surface area contributed by atoms with Gasteiger partial charge in [0.1, 0.15) is 0 Å². The van der Waals surface area contributed by atoms with E-state index in [1.165, 1.54) is 12.8 Å². The van der Waals surface area contributed by atoms with Crippen molar-refractivity contribution in [3.8, 4) is 11.5 Å². The molecular weight excluding hydrogens is 280 g/mol. The van der Waals surface area contributed by atoms with E-state index in [0.29, 0.717) is 5.92 Å². The van der Waals surface area contributed by atoms with Gasteiger partial charge < -0.3 is 14.6 Å². The van der Waals surface area contributed by atoms with Crippen LogP contribution in [0.4, 0.5) is 0 Å². The zero-order valence-electron chi connectivity index (χ0n) is 13.1. The van der Waals surface area contributed by atoms with Crippen molar-refractivity contribution in [1.29, 1.82) is 0 Å². The largest absolute Gasteiger partial charge is 0.493 e. The minimum Gasteiger partial charge on any atom is -0.493 e. The number of hydrogen-bond acceptors (Lipinski definition) is 3. The molecule has 1 aromatic rings. The number of carboxylic acid groups (broad SMARTS) is 1. The molecule has 120 valence electrons. The van der Waals surface area contributed by atoms with Crippen molar-refractivity contribution in [1.82, 2.24) is 0 Å². The predicted octanol–water partition coefficient (Wildman–Crippen LogP) is 3.98. The van der Waals surface area contributed by atoms with E-state index in [1.807, 2.05) is 18.2 Å². The molecule has 2 saturated carbocycles. The Kier molecular flexibility index (Phi) is 4.55. The molecule has 0 heterocycles. The summed E-state index contributed by atoms with van der Waals surface area (Å²) in [6.45, 7) is 0. The lowest BCUT2D eigenvalue weighted by Crippen LogP contribution is -2.12. The minimum absolute atomic E-state index is 0.0898. The normalized spacial score (nSPS) is 19.9. The van der Waals surface area contributed by atoms with Gasteiger partial charge in [0, 0.05) is 0 Å². The SMILES string of the molecule is COc1cc(C(CC(=O)O)C2CC2)ccc1OC1CCCC1. The Hall–Kier alpha value is -1.71. The van der Waals surface area contributed by atoms with Crippen molar-refractivity contribution >= 4 is 5.97 Å². The average molecular weight is 304 g/mol. The van der Waals surface area contributed by atoms with E-state index in [-0.39, 0.29) is 18.4 Å². The summed E-state index contributed by atoms with van der Waals surface area (Å²) >= 11 is 0. The molecule has 0 bridgehead atoms. The van der Waals surface area contributed by atoms with Gasteiger partial charge in [0.15, 0.2) is 11.5 Å². The molecule has 0 radical (unpaired) electrons. The zero-order chi connectivity index (χ0) is 15.5. The quantitative estimate of drug-likeness (QED) is 0.827. The molecule has 0 aliphatic heterocycles. The second kappa shape index (κ2) is 6.59. The fourth-order valence-electron chi connectivity index (χ4n) is 3.44. The third kappa shape index (κ3) is 3.54. The van der Waals surface area contributed by atoms with Crippen LogP contribution in [0.3, 0.4) is 0 Å². The van der Waals surface area contributed by atoms with E-state index in [4.69, 9.17) is 14.6 Å². The minimum atomic E-state index is -0.734. The maximum absolute atomic E-state index is 11.1. The Morgan fingerprint density at radius 1 is 1.23 bits per heavy atom. The molecule has 0 spiro atoms. The van der Waals surface area contributed by atoms with Crippen LogP contribution in [0.1, 0.15) is 56.4 Å². The van der Waals surface area contributed by atoms with Crippen LogP contribution in [-0.4, -0.2) is 24.3 Å². The summed E-state index contributed by atoms with van der Waals surface area (Å²) in [6, 6.07) is 5.93. The van der Waals surface area contributed by atoms with Gasteiger partial charge in [-0.2, -0.15) is 0 Å². The van der Waals surface area contributed by atoms with E-state index in [1.54, 1.807) is 7.11 Å². The summed E-state index contributed by atoms with van der Waals surface area (Å²) < 4.78 is 11.5. The number of carboxylic acids is 1. The van der Waals surface area contributed by atoms with Gasteiger partial charge in [-0.05, 0) is 68.1 Å². The van der Waals surface area contributed by atoms with Crippen LogP contribution >= 0.6 is 0 Å². The maximum Gasteiger partial charge on any atom is 0.303 e. The van der Waals surface area contributed by atoms with Crippen LogP contribution in [0.5, 0.6) is 11.5 Å². The Morgan fingerprint density at radius 3 is 2.55 bits per heavy atom. The highest BCUT2D eigenvalue weighted by Crippen LogP contribution is 2.46. The number of benzene rings is 1. The van der Waals surface area contributed by atoms with Crippen molar-refractivity contribution in [2.24, 2.45) is 5.92 Å². The maximum atomic E-state index is 11.1. The summed E-state index contributed by atoms with van der Waals surface area (Å²) in [5.74, 6) is 1.36. The smallest absolute Gasteiger partial charge is 0.303 e. The first kappa shape index (κ1) is 15.2. The van der Waals surface area contributed by atoms with Crippen LogP contribution in [-0.2, 0) is 4.79 Å². The van der Waals surface area contributed by atoms with Gasteiger partial charge in [0.25, 0.3) is 0 Å². The van der Waals surface area contributed by atoms with E-state index in [9.17, 15) is 4.79 Å². The van der Waals surface area contributed by atoms with Crippen molar-refractivity contribution in [3.05, 3.63) is 23.8 Å². The molecule has 0 amide bonds. The molecule has 1 aromatic carbocycles. The summed E-state index contributed by atoms with van der Waals surface area (Å²) in [6.07, 6.45) is 7.40. The molecule has 1 unspecified atom stereocenters. The monoisotopic (exact) mass is 304 g/mol. The van der Waals surface area contributed by atoms with Crippen LogP contribution in [0.25, 0.3) is 0 Å². The van der Waals surface area contributed by atoms with Gasteiger partial charge >= 0.3 is 5.97 Å². The van der Waals surface area contributed by atoms with E-state index < -0.39 is 5.97 Å². The van der Waals surface area contributed by atoms with Gasteiger partial charge in [0.05, 0.1) is 19.6 Å². The first-order chi connectivity index (χ1) is 10.7. The third-order valence-electron chi connectivity index (χ3n) is 4.80. The lowest BCUT2D eigenvalue weighted by Gasteiger charge is -2.19. The predicted molar refractivity (Wildman–Crippen MR) is 83.6 cm³/mol. The number of ether oxygens (including phenoxy) is 2. The molecule has 2 aliphatic rings. The highest BCUT2D eigenvalue weighted by molar-refractivity contribution is 5.68. The Balaban J connectivity index is 1.78.